The molecule has 0 saturated carbocycles. The molecule has 0 aromatic heterocycles. The molecule has 2 aromatic carbocycles. The number of hydrogen-bond acceptors (Lipinski definition) is 2. The zero-order valence-corrected chi connectivity index (χ0v) is 12.2. The third kappa shape index (κ3) is 2.54. The standard InChI is InChI=1S/C17H18ClNO/c1-11(12-5-3-2-4-6-12)17-10-15(19)14-9-13(18)7-8-16(14)20-17/h2-9,11,15,17H,10,19H2,1H3/t11?,15-,17?/m0/s1. The van der Waals surface area contributed by atoms with Gasteiger partial charge in [0, 0.05) is 29.0 Å². The SMILES string of the molecule is CC(c1ccccc1)C1C[C@H](N)c2cc(Cl)ccc2O1. The van der Waals surface area contributed by atoms with Gasteiger partial charge in [0.15, 0.2) is 0 Å². The summed E-state index contributed by atoms with van der Waals surface area (Å²) in [5.41, 5.74) is 8.57. The predicted molar refractivity (Wildman–Crippen MR) is 82.3 cm³/mol. The molecule has 2 N–H and O–H groups in total. The van der Waals surface area contributed by atoms with Crippen molar-refractivity contribution < 1.29 is 4.74 Å². The van der Waals surface area contributed by atoms with Crippen LogP contribution in [-0.2, 0) is 0 Å². The van der Waals surface area contributed by atoms with Crippen LogP contribution in [0, 0.1) is 0 Å². The summed E-state index contributed by atoms with van der Waals surface area (Å²) in [4.78, 5) is 0. The fraction of sp³-hybridized carbons (Fsp3) is 0.294. The van der Waals surface area contributed by atoms with Crippen molar-refractivity contribution in [2.24, 2.45) is 5.73 Å². The Morgan fingerprint density at radius 3 is 2.70 bits per heavy atom. The Labute approximate surface area is 124 Å². The van der Waals surface area contributed by atoms with Gasteiger partial charge in [0.2, 0.25) is 0 Å². The van der Waals surface area contributed by atoms with Gasteiger partial charge in [0.1, 0.15) is 11.9 Å². The molecule has 3 heteroatoms. The maximum Gasteiger partial charge on any atom is 0.124 e. The lowest BCUT2D eigenvalue weighted by Crippen LogP contribution is -2.33. The Balaban J connectivity index is 1.86. The van der Waals surface area contributed by atoms with E-state index in [0.717, 1.165) is 17.7 Å². The molecule has 0 fully saturated rings. The quantitative estimate of drug-likeness (QED) is 0.894. The summed E-state index contributed by atoms with van der Waals surface area (Å²) in [6.45, 7) is 2.19. The van der Waals surface area contributed by atoms with Crippen molar-refractivity contribution in [2.45, 2.75) is 31.4 Å². The van der Waals surface area contributed by atoms with E-state index < -0.39 is 0 Å². The Bertz CT molecular complexity index is 599. The second-order valence-electron chi connectivity index (χ2n) is 5.38. The van der Waals surface area contributed by atoms with Crippen LogP contribution >= 0.6 is 11.6 Å². The Morgan fingerprint density at radius 2 is 1.95 bits per heavy atom. The molecule has 1 aliphatic rings. The molecule has 1 aliphatic heterocycles. The summed E-state index contributed by atoms with van der Waals surface area (Å²) < 4.78 is 6.13. The third-order valence-corrected chi connectivity index (χ3v) is 4.25. The lowest BCUT2D eigenvalue weighted by molar-refractivity contribution is 0.136. The van der Waals surface area contributed by atoms with Gasteiger partial charge in [-0.05, 0) is 23.8 Å². The van der Waals surface area contributed by atoms with Crippen LogP contribution in [0.25, 0.3) is 0 Å². The summed E-state index contributed by atoms with van der Waals surface area (Å²) in [5, 5.41) is 0.706. The van der Waals surface area contributed by atoms with Crippen molar-refractivity contribution in [3.63, 3.8) is 0 Å². The van der Waals surface area contributed by atoms with Gasteiger partial charge < -0.3 is 10.5 Å². The van der Waals surface area contributed by atoms with E-state index in [2.05, 4.69) is 31.2 Å². The monoisotopic (exact) mass is 287 g/mol. The zero-order chi connectivity index (χ0) is 14.1. The summed E-state index contributed by atoms with van der Waals surface area (Å²) >= 11 is 6.03. The molecule has 0 saturated heterocycles. The van der Waals surface area contributed by atoms with Gasteiger partial charge in [0.25, 0.3) is 0 Å². The second kappa shape index (κ2) is 5.47. The first kappa shape index (κ1) is 13.5. The van der Waals surface area contributed by atoms with Gasteiger partial charge in [-0.1, -0.05) is 48.9 Å². The zero-order valence-electron chi connectivity index (χ0n) is 11.4. The number of fused-ring (bicyclic) bond motifs is 1. The molecule has 2 unspecified atom stereocenters. The molecular weight excluding hydrogens is 270 g/mol. The predicted octanol–water partition coefficient (Wildman–Crippen LogP) is 4.29. The lowest BCUT2D eigenvalue weighted by atomic mass is 9.87. The van der Waals surface area contributed by atoms with E-state index in [1.807, 2.05) is 24.3 Å². The number of hydrogen-bond donors (Lipinski definition) is 1. The van der Waals surface area contributed by atoms with Crippen LogP contribution in [0.4, 0.5) is 0 Å². The van der Waals surface area contributed by atoms with Crippen molar-refractivity contribution in [1.29, 1.82) is 0 Å². The highest BCUT2D eigenvalue weighted by atomic mass is 35.5. The number of nitrogens with two attached hydrogens (primary N) is 1. The second-order valence-corrected chi connectivity index (χ2v) is 5.82. The first-order valence-electron chi connectivity index (χ1n) is 6.92. The molecule has 0 aliphatic carbocycles. The van der Waals surface area contributed by atoms with Gasteiger partial charge >= 0.3 is 0 Å². The minimum absolute atomic E-state index is 0.0198. The smallest absolute Gasteiger partial charge is 0.124 e. The third-order valence-electron chi connectivity index (χ3n) is 4.02. The first-order chi connectivity index (χ1) is 9.65. The van der Waals surface area contributed by atoms with Crippen LogP contribution in [0.2, 0.25) is 5.02 Å². The molecule has 0 bridgehead atoms. The van der Waals surface area contributed by atoms with E-state index in [0.29, 0.717) is 10.9 Å². The molecule has 2 nitrogen and oxygen atoms in total. The minimum Gasteiger partial charge on any atom is -0.489 e. The maximum absolute atomic E-state index is 6.28. The Hall–Kier alpha value is -1.51. The van der Waals surface area contributed by atoms with Crippen LogP contribution in [0.3, 0.4) is 0 Å². The average molecular weight is 288 g/mol. The summed E-state index contributed by atoms with van der Waals surface area (Å²) in [6, 6.07) is 16.1. The lowest BCUT2D eigenvalue weighted by Gasteiger charge is -2.34. The maximum atomic E-state index is 6.28. The highest BCUT2D eigenvalue weighted by molar-refractivity contribution is 6.30. The molecule has 104 valence electrons. The molecule has 0 spiro atoms. The van der Waals surface area contributed by atoms with Crippen LogP contribution in [0.15, 0.2) is 48.5 Å². The number of halogens is 1. The molecule has 2 aromatic rings. The van der Waals surface area contributed by atoms with Gasteiger partial charge in [-0.3, -0.25) is 0 Å². The van der Waals surface area contributed by atoms with Crippen LogP contribution < -0.4 is 10.5 Å². The number of benzene rings is 2. The first-order valence-corrected chi connectivity index (χ1v) is 7.29. The van der Waals surface area contributed by atoms with Gasteiger partial charge in [0.05, 0.1) is 0 Å². The van der Waals surface area contributed by atoms with E-state index in [9.17, 15) is 0 Å². The average Bonchev–Trinajstić information content (AvgIpc) is 2.48. The molecular formula is C17H18ClNO. The molecule has 0 radical (unpaired) electrons. The molecule has 3 atom stereocenters. The summed E-state index contributed by atoms with van der Waals surface area (Å²) in [5.74, 6) is 1.17. The minimum atomic E-state index is -0.0198. The van der Waals surface area contributed by atoms with Gasteiger partial charge in [-0.15, -0.1) is 0 Å². The fourth-order valence-electron chi connectivity index (χ4n) is 2.78. The van der Waals surface area contributed by atoms with Gasteiger partial charge in [-0.2, -0.15) is 0 Å². The van der Waals surface area contributed by atoms with Crippen molar-refractivity contribution >= 4 is 11.6 Å². The molecule has 20 heavy (non-hydrogen) atoms. The molecule has 3 rings (SSSR count). The highest BCUT2D eigenvalue weighted by Gasteiger charge is 2.30. The summed E-state index contributed by atoms with van der Waals surface area (Å²) in [7, 11) is 0. The van der Waals surface area contributed by atoms with E-state index >= 15 is 0 Å². The number of ether oxygens (including phenoxy) is 1. The fourth-order valence-corrected chi connectivity index (χ4v) is 2.96. The van der Waals surface area contributed by atoms with Crippen LogP contribution in [0.1, 0.15) is 36.4 Å². The Kier molecular flexibility index (Phi) is 3.68. The summed E-state index contributed by atoms with van der Waals surface area (Å²) in [6.07, 6.45) is 0.907. The normalized spacial score (nSPS) is 22.8. The van der Waals surface area contributed by atoms with Crippen LogP contribution in [0.5, 0.6) is 5.75 Å². The van der Waals surface area contributed by atoms with E-state index in [4.69, 9.17) is 22.1 Å². The highest BCUT2D eigenvalue weighted by Crippen LogP contribution is 2.39. The Morgan fingerprint density at radius 1 is 1.20 bits per heavy atom. The topological polar surface area (TPSA) is 35.2 Å². The van der Waals surface area contributed by atoms with E-state index in [-0.39, 0.29) is 12.1 Å². The van der Waals surface area contributed by atoms with Crippen molar-refractivity contribution in [3.05, 3.63) is 64.7 Å². The van der Waals surface area contributed by atoms with Crippen molar-refractivity contribution in [2.75, 3.05) is 0 Å². The number of rotatable bonds is 2. The molecule has 0 amide bonds. The van der Waals surface area contributed by atoms with E-state index in [1.165, 1.54) is 5.56 Å². The van der Waals surface area contributed by atoms with Crippen molar-refractivity contribution in [3.8, 4) is 5.75 Å². The van der Waals surface area contributed by atoms with E-state index in [1.54, 1.807) is 0 Å². The van der Waals surface area contributed by atoms with Gasteiger partial charge in [-0.25, -0.2) is 0 Å². The van der Waals surface area contributed by atoms with Crippen molar-refractivity contribution in [1.82, 2.24) is 0 Å². The van der Waals surface area contributed by atoms with Crippen LogP contribution in [-0.4, -0.2) is 6.10 Å². The molecule has 1 heterocycles. The largest absolute Gasteiger partial charge is 0.489 e.